The van der Waals surface area contributed by atoms with Gasteiger partial charge in [0, 0.05) is 19.0 Å². The first kappa shape index (κ1) is 13.5. The molecular formula is C15H21F2N. The van der Waals surface area contributed by atoms with Crippen molar-refractivity contribution in [2.75, 3.05) is 6.54 Å². The van der Waals surface area contributed by atoms with E-state index in [1.807, 2.05) is 42.2 Å². The van der Waals surface area contributed by atoms with E-state index in [-0.39, 0.29) is 24.9 Å². The highest BCUT2D eigenvalue weighted by atomic mass is 19.3. The average Bonchev–Trinajstić information content (AvgIpc) is 2.34. The first-order valence-electron chi connectivity index (χ1n) is 6.67. The van der Waals surface area contributed by atoms with Crippen LogP contribution >= 0.6 is 0 Å². The Labute approximate surface area is 108 Å². The fraction of sp³-hybridized carbons (Fsp3) is 0.600. The van der Waals surface area contributed by atoms with Crippen molar-refractivity contribution in [2.45, 2.75) is 45.2 Å². The molecule has 0 saturated carbocycles. The lowest BCUT2D eigenvalue weighted by molar-refractivity contribution is -0.107. The molecule has 1 heterocycles. The third-order valence-electron chi connectivity index (χ3n) is 4.01. The van der Waals surface area contributed by atoms with Crippen molar-refractivity contribution < 1.29 is 8.78 Å². The van der Waals surface area contributed by atoms with Gasteiger partial charge in [-0.3, -0.25) is 4.90 Å². The molecule has 2 rings (SSSR count). The highest BCUT2D eigenvalue weighted by molar-refractivity contribution is 5.15. The number of alkyl halides is 2. The second-order valence-electron chi connectivity index (χ2n) is 5.36. The van der Waals surface area contributed by atoms with E-state index in [1.165, 1.54) is 0 Å². The van der Waals surface area contributed by atoms with Crippen LogP contribution in [0.15, 0.2) is 30.3 Å². The Hall–Kier alpha value is -0.960. The van der Waals surface area contributed by atoms with Gasteiger partial charge in [0.15, 0.2) is 0 Å². The number of benzene rings is 1. The molecule has 0 amide bonds. The number of halogens is 2. The van der Waals surface area contributed by atoms with Gasteiger partial charge in [0.25, 0.3) is 5.92 Å². The van der Waals surface area contributed by atoms with Crippen LogP contribution in [0.2, 0.25) is 0 Å². The van der Waals surface area contributed by atoms with Gasteiger partial charge >= 0.3 is 0 Å². The van der Waals surface area contributed by atoms with Gasteiger partial charge in [-0.1, -0.05) is 43.7 Å². The van der Waals surface area contributed by atoms with Crippen LogP contribution in [0.25, 0.3) is 0 Å². The molecule has 3 heteroatoms. The summed E-state index contributed by atoms with van der Waals surface area (Å²) in [5, 5.41) is 0. The summed E-state index contributed by atoms with van der Waals surface area (Å²) in [6, 6.07) is 10.1. The average molecular weight is 253 g/mol. The quantitative estimate of drug-likeness (QED) is 0.788. The maximum Gasteiger partial charge on any atom is 0.260 e. The Morgan fingerprint density at radius 1 is 1.28 bits per heavy atom. The normalized spacial score (nSPS) is 28.2. The molecule has 100 valence electrons. The van der Waals surface area contributed by atoms with Gasteiger partial charge in [-0.05, 0) is 18.4 Å². The summed E-state index contributed by atoms with van der Waals surface area (Å²) in [6.45, 7) is 4.59. The van der Waals surface area contributed by atoms with Gasteiger partial charge in [-0.15, -0.1) is 0 Å². The zero-order valence-electron chi connectivity index (χ0n) is 11.1. The van der Waals surface area contributed by atoms with E-state index in [2.05, 4.69) is 6.92 Å². The van der Waals surface area contributed by atoms with Crippen molar-refractivity contribution >= 4 is 0 Å². The molecule has 0 N–H and O–H groups in total. The molecule has 18 heavy (non-hydrogen) atoms. The summed E-state index contributed by atoms with van der Waals surface area (Å²) in [4.78, 5) is 1.92. The Balaban J connectivity index is 2.10. The number of hydrogen-bond donors (Lipinski definition) is 0. The minimum atomic E-state index is -2.54. The van der Waals surface area contributed by atoms with Gasteiger partial charge < -0.3 is 0 Å². The van der Waals surface area contributed by atoms with Crippen LogP contribution in [0.4, 0.5) is 8.78 Å². The lowest BCUT2D eigenvalue weighted by atomic mass is 9.86. The Morgan fingerprint density at radius 2 is 1.94 bits per heavy atom. The van der Waals surface area contributed by atoms with Crippen molar-refractivity contribution in [2.24, 2.45) is 5.92 Å². The predicted molar refractivity (Wildman–Crippen MR) is 69.7 cm³/mol. The Bertz CT molecular complexity index is 377. The van der Waals surface area contributed by atoms with E-state index in [1.54, 1.807) is 0 Å². The van der Waals surface area contributed by atoms with Crippen LogP contribution in [-0.4, -0.2) is 23.4 Å². The van der Waals surface area contributed by atoms with Crippen LogP contribution < -0.4 is 0 Å². The van der Waals surface area contributed by atoms with Gasteiger partial charge in [-0.2, -0.15) is 0 Å². The van der Waals surface area contributed by atoms with Gasteiger partial charge in [0.05, 0.1) is 6.54 Å². The highest BCUT2D eigenvalue weighted by Gasteiger charge is 2.43. The lowest BCUT2D eigenvalue weighted by Crippen LogP contribution is -2.51. The minimum Gasteiger partial charge on any atom is -0.290 e. The number of nitrogens with zero attached hydrogens (tertiary/aromatic N) is 1. The monoisotopic (exact) mass is 253 g/mol. The van der Waals surface area contributed by atoms with E-state index < -0.39 is 5.92 Å². The van der Waals surface area contributed by atoms with Crippen LogP contribution in [0.5, 0.6) is 0 Å². The third kappa shape index (κ3) is 3.08. The molecule has 0 radical (unpaired) electrons. The van der Waals surface area contributed by atoms with E-state index in [4.69, 9.17) is 0 Å². The molecule has 1 aromatic rings. The molecule has 1 aliphatic rings. The number of likely N-dealkylation sites (tertiary alicyclic amines) is 1. The third-order valence-corrected chi connectivity index (χ3v) is 4.01. The first-order valence-corrected chi connectivity index (χ1v) is 6.67. The smallest absolute Gasteiger partial charge is 0.260 e. The van der Waals surface area contributed by atoms with Gasteiger partial charge in [-0.25, -0.2) is 8.78 Å². The van der Waals surface area contributed by atoms with Crippen molar-refractivity contribution in [3.63, 3.8) is 0 Å². The zero-order valence-corrected chi connectivity index (χ0v) is 11.1. The molecule has 1 aromatic carbocycles. The second kappa shape index (κ2) is 5.35. The van der Waals surface area contributed by atoms with Crippen molar-refractivity contribution in [1.29, 1.82) is 0 Å². The zero-order chi connectivity index (χ0) is 13.2. The van der Waals surface area contributed by atoms with Gasteiger partial charge in [0.1, 0.15) is 0 Å². The maximum absolute atomic E-state index is 13.7. The molecule has 2 unspecified atom stereocenters. The number of piperidine rings is 1. The van der Waals surface area contributed by atoms with Crippen molar-refractivity contribution in [3.8, 4) is 0 Å². The van der Waals surface area contributed by atoms with E-state index >= 15 is 0 Å². The SMILES string of the molecule is CCC1CC(F)(F)CN(Cc2ccccc2)C1C. The second-order valence-corrected chi connectivity index (χ2v) is 5.36. The van der Waals surface area contributed by atoms with Crippen LogP contribution in [0, 0.1) is 5.92 Å². The molecule has 0 aromatic heterocycles. The Kier molecular flexibility index (Phi) is 4.00. The fourth-order valence-corrected chi connectivity index (χ4v) is 2.86. The van der Waals surface area contributed by atoms with Crippen LogP contribution in [0.3, 0.4) is 0 Å². The minimum absolute atomic E-state index is 0.0377. The predicted octanol–water partition coefficient (Wildman–Crippen LogP) is 3.94. The van der Waals surface area contributed by atoms with Crippen molar-refractivity contribution in [3.05, 3.63) is 35.9 Å². The van der Waals surface area contributed by atoms with Crippen LogP contribution in [-0.2, 0) is 6.54 Å². The summed E-state index contributed by atoms with van der Waals surface area (Å²) >= 11 is 0. The molecule has 0 bridgehead atoms. The molecule has 1 saturated heterocycles. The molecule has 0 spiro atoms. The first-order chi connectivity index (χ1) is 8.52. The molecule has 1 nitrogen and oxygen atoms in total. The van der Waals surface area contributed by atoms with Crippen LogP contribution in [0.1, 0.15) is 32.3 Å². The maximum atomic E-state index is 13.7. The van der Waals surface area contributed by atoms with Crippen molar-refractivity contribution in [1.82, 2.24) is 4.90 Å². The lowest BCUT2D eigenvalue weighted by Gasteiger charge is -2.43. The number of rotatable bonds is 3. The highest BCUT2D eigenvalue weighted by Crippen LogP contribution is 2.36. The standard InChI is InChI=1S/C15H21F2N/c1-3-14-9-15(16,17)11-18(12(14)2)10-13-7-5-4-6-8-13/h4-8,12,14H,3,9-11H2,1-2H3. The molecule has 0 aliphatic carbocycles. The van der Waals surface area contributed by atoms with E-state index in [9.17, 15) is 8.78 Å². The van der Waals surface area contributed by atoms with E-state index in [0.29, 0.717) is 6.54 Å². The van der Waals surface area contributed by atoms with Gasteiger partial charge in [0.2, 0.25) is 0 Å². The fourth-order valence-electron chi connectivity index (χ4n) is 2.86. The summed E-state index contributed by atoms with van der Waals surface area (Å²) in [5.41, 5.74) is 1.11. The molecule has 1 aliphatic heterocycles. The van der Waals surface area contributed by atoms with E-state index in [0.717, 1.165) is 12.0 Å². The summed E-state index contributed by atoms with van der Waals surface area (Å²) in [5.74, 6) is -2.44. The molecule has 2 atom stereocenters. The molecule has 1 fully saturated rings. The summed E-state index contributed by atoms with van der Waals surface area (Å²) in [6.07, 6.45) is 0.859. The topological polar surface area (TPSA) is 3.24 Å². The largest absolute Gasteiger partial charge is 0.290 e. The Morgan fingerprint density at radius 3 is 2.56 bits per heavy atom. The number of hydrogen-bond acceptors (Lipinski definition) is 1. The summed E-state index contributed by atoms with van der Waals surface area (Å²) in [7, 11) is 0. The molecular weight excluding hydrogens is 232 g/mol. The summed E-state index contributed by atoms with van der Waals surface area (Å²) < 4.78 is 27.5.